The van der Waals surface area contributed by atoms with Crippen molar-refractivity contribution in [1.29, 1.82) is 0 Å². The van der Waals surface area contributed by atoms with Gasteiger partial charge in [-0.25, -0.2) is 13.2 Å². The van der Waals surface area contributed by atoms with E-state index in [2.05, 4.69) is 11.3 Å². The molecule has 2 nitrogen and oxygen atoms in total. The molecular formula is C11H11F3O2. The van der Waals surface area contributed by atoms with E-state index in [-0.39, 0.29) is 6.42 Å². The zero-order valence-electron chi connectivity index (χ0n) is 8.69. The standard InChI is InChI=1S/C11H11F3O2/c1-3-4-6-8(12)9(13)7(5-15)11(16-2)10(6)14/h3,15H,1,4-5H2,2H3. The average Bonchev–Trinajstić information content (AvgIpc) is 2.29. The fourth-order valence-corrected chi connectivity index (χ4v) is 1.41. The van der Waals surface area contributed by atoms with Crippen LogP contribution in [0.1, 0.15) is 11.1 Å². The molecule has 0 atom stereocenters. The first-order chi connectivity index (χ1) is 7.58. The minimum absolute atomic E-state index is 0.156. The van der Waals surface area contributed by atoms with Gasteiger partial charge in [-0.2, -0.15) is 0 Å². The second-order valence-electron chi connectivity index (χ2n) is 3.08. The first kappa shape index (κ1) is 12.6. The van der Waals surface area contributed by atoms with Crippen molar-refractivity contribution < 1.29 is 23.0 Å². The third kappa shape index (κ3) is 1.90. The number of rotatable bonds is 4. The lowest BCUT2D eigenvalue weighted by Crippen LogP contribution is -2.07. The maximum absolute atomic E-state index is 13.7. The second-order valence-corrected chi connectivity index (χ2v) is 3.08. The normalized spacial score (nSPS) is 10.3. The third-order valence-corrected chi connectivity index (χ3v) is 2.17. The van der Waals surface area contributed by atoms with Crippen molar-refractivity contribution in [3.63, 3.8) is 0 Å². The Morgan fingerprint density at radius 2 is 1.75 bits per heavy atom. The SMILES string of the molecule is C=CCc1c(F)c(F)c(CO)c(OC)c1F. The van der Waals surface area contributed by atoms with Crippen LogP contribution >= 0.6 is 0 Å². The van der Waals surface area contributed by atoms with Crippen LogP contribution in [0, 0.1) is 17.5 Å². The maximum atomic E-state index is 13.7. The number of allylic oxidation sites excluding steroid dienone is 1. The van der Waals surface area contributed by atoms with Gasteiger partial charge in [0.2, 0.25) is 0 Å². The Morgan fingerprint density at radius 1 is 1.19 bits per heavy atom. The van der Waals surface area contributed by atoms with Gasteiger partial charge >= 0.3 is 0 Å². The van der Waals surface area contributed by atoms with Gasteiger partial charge in [0.05, 0.1) is 19.3 Å². The topological polar surface area (TPSA) is 29.5 Å². The van der Waals surface area contributed by atoms with Gasteiger partial charge in [-0.3, -0.25) is 0 Å². The molecule has 0 unspecified atom stereocenters. The molecule has 0 radical (unpaired) electrons. The highest BCUT2D eigenvalue weighted by atomic mass is 19.2. The first-order valence-electron chi connectivity index (χ1n) is 4.52. The van der Waals surface area contributed by atoms with Crippen LogP contribution in [-0.2, 0) is 13.0 Å². The number of aliphatic hydroxyl groups excluding tert-OH is 1. The van der Waals surface area contributed by atoms with Gasteiger partial charge < -0.3 is 9.84 Å². The Bertz CT molecular complexity index is 416. The van der Waals surface area contributed by atoms with Crippen LogP contribution in [0.5, 0.6) is 5.75 Å². The van der Waals surface area contributed by atoms with Gasteiger partial charge in [-0.1, -0.05) is 6.08 Å². The number of benzene rings is 1. The highest BCUT2D eigenvalue weighted by molar-refractivity contribution is 5.42. The van der Waals surface area contributed by atoms with E-state index in [4.69, 9.17) is 5.11 Å². The van der Waals surface area contributed by atoms with Gasteiger partial charge in [-0.15, -0.1) is 6.58 Å². The van der Waals surface area contributed by atoms with Gasteiger partial charge in [0.15, 0.2) is 23.2 Å². The van der Waals surface area contributed by atoms with Crippen molar-refractivity contribution in [3.05, 3.63) is 41.2 Å². The summed E-state index contributed by atoms with van der Waals surface area (Å²) < 4.78 is 45.1. The van der Waals surface area contributed by atoms with Crippen LogP contribution in [0.4, 0.5) is 13.2 Å². The lowest BCUT2D eigenvalue weighted by atomic mass is 10.1. The van der Waals surface area contributed by atoms with E-state index in [9.17, 15) is 13.2 Å². The molecule has 1 aromatic rings. The van der Waals surface area contributed by atoms with Crippen LogP contribution < -0.4 is 4.74 Å². The molecule has 0 aliphatic heterocycles. The fourth-order valence-electron chi connectivity index (χ4n) is 1.41. The Kier molecular flexibility index (Phi) is 3.95. The minimum atomic E-state index is -1.32. The molecule has 0 aromatic heterocycles. The number of aliphatic hydroxyl groups is 1. The first-order valence-corrected chi connectivity index (χ1v) is 4.52. The summed E-state index contributed by atoms with van der Waals surface area (Å²) in [6.45, 7) is 2.48. The summed E-state index contributed by atoms with van der Waals surface area (Å²) in [4.78, 5) is 0. The molecule has 0 spiro atoms. The summed E-state index contributed by atoms with van der Waals surface area (Å²) in [6, 6.07) is 0. The van der Waals surface area contributed by atoms with Crippen LogP contribution in [0.25, 0.3) is 0 Å². The summed E-state index contributed by atoms with van der Waals surface area (Å²) in [5, 5.41) is 8.83. The van der Waals surface area contributed by atoms with Gasteiger partial charge in [0.1, 0.15) is 0 Å². The lowest BCUT2D eigenvalue weighted by Gasteiger charge is -2.13. The molecule has 88 valence electrons. The predicted molar refractivity (Wildman–Crippen MR) is 52.7 cm³/mol. The van der Waals surface area contributed by atoms with Crippen LogP contribution in [0.2, 0.25) is 0 Å². The van der Waals surface area contributed by atoms with Crippen molar-refractivity contribution in [2.45, 2.75) is 13.0 Å². The number of methoxy groups -OCH3 is 1. The molecule has 0 fully saturated rings. The number of hydrogen-bond donors (Lipinski definition) is 1. The molecule has 0 heterocycles. The molecule has 1 aromatic carbocycles. The predicted octanol–water partition coefficient (Wildman–Crippen LogP) is 2.33. The maximum Gasteiger partial charge on any atom is 0.172 e. The van der Waals surface area contributed by atoms with E-state index in [1.165, 1.54) is 6.08 Å². The highest BCUT2D eigenvalue weighted by Gasteiger charge is 2.24. The van der Waals surface area contributed by atoms with E-state index in [1.807, 2.05) is 0 Å². The van der Waals surface area contributed by atoms with Crippen LogP contribution in [-0.4, -0.2) is 12.2 Å². The lowest BCUT2D eigenvalue weighted by molar-refractivity contribution is 0.259. The highest BCUT2D eigenvalue weighted by Crippen LogP contribution is 2.31. The monoisotopic (exact) mass is 232 g/mol. The fraction of sp³-hybridized carbons (Fsp3) is 0.273. The third-order valence-electron chi connectivity index (χ3n) is 2.17. The molecule has 5 heteroatoms. The Morgan fingerprint density at radius 3 is 2.19 bits per heavy atom. The quantitative estimate of drug-likeness (QED) is 0.637. The van der Waals surface area contributed by atoms with E-state index in [1.54, 1.807) is 0 Å². The Labute approximate surface area is 91.0 Å². The molecular weight excluding hydrogens is 221 g/mol. The summed E-state index contributed by atoms with van der Waals surface area (Å²) >= 11 is 0. The number of halogens is 3. The Hall–Kier alpha value is -1.49. The van der Waals surface area contributed by atoms with Crippen molar-refractivity contribution in [1.82, 2.24) is 0 Å². The summed E-state index contributed by atoms with van der Waals surface area (Å²) in [5.41, 5.74) is -0.980. The van der Waals surface area contributed by atoms with Gasteiger partial charge in [0, 0.05) is 5.56 Å². The van der Waals surface area contributed by atoms with E-state index >= 15 is 0 Å². The number of hydrogen-bond acceptors (Lipinski definition) is 2. The summed E-state index contributed by atoms with van der Waals surface area (Å²) in [7, 11) is 1.12. The zero-order chi connectivity index (χ0) is 12.3. The average molecular weight is 232 g/mol. The minimum Gasteiger partial charge on any atom is -0.493 e. The van der Waals surface area contributed by atoms with Crippen molar-refractivity contribution >= 4 is 0 Å². The Balaban J connectivity index is 3.55. The molecule has 0 amide bonds. The molecule has 1 N–H and O–H groups in total. The molecule has 1 rings (SSSR count). The van der Waals surface area contributed by atoms with Crippen LogP contribution in [0.15, 0.2) is 12.7 Å². The van der Waals surface area contributed by atoms with Crippen molar-refractivity contribution in [2.75, 3.05) is 7.11 Å². The van der Waals surface area contributed by atoms with Crippen molar-refractivity contribution in [2.24, 2.45) is 0 Å². The van der Waals surface area contributed by atoms with E-state index < -0.39 is 40.9 Å². The summed E-state index contributed by atoms with van der Waals surface area (Å²) in [6.07, 6.45) is 1.09. The molecule has 0 bridgehead atoms. The molecule has 16 heavy (non-hydrogen) atoms. The zero-order valence-corrected chi connectivity index (χ0v) is 8.69. The van der Waals surface area contributed by atoms with E-state index in [0.29, 0.717) is 0 Å². The molecule has 0 aliphatic rings. The molecule has 0 saturated heterocycles. The second kappa shape index (κ2) is 5.03. The van der Waals surface area contributed by atoms with Gasteiger partial charge in [-0.05, 0) is 6.42 Å². The van der Waals surface area contributed by atoms with Gasteiger partial charge in [0.25, 0.3) is 0 Å². The van der Waals surface area contributed by atoms with E-state index in [0.717, 1.165) is 7.11 Å². The largest absolute Gasteiger partial charge is 0.493 e. The molecule has 0 saturated carbocycles. The van der Waals surface area contributed by atoms with Crippen LogP contribution in [0.3, 0.4) is 0 Å². The smallest absolute Gasteiger partial charge is 0.172 e. The number of ether oxygens (including phenoxy) is 1. The summed E-state index contributed by atoms with van der Waals surface area (Å²) in [5.74, 6) is -4.09. The van der Waals surface area contributed by atoms with Crippen molar-refractivity contribution in [3.8, 4) is 5.75 Å². The molecule has 0 aliphatic carbocycles.